The minimum atomic E-state index is -0.830. The molecule has 152 valence electrons. The highest BCUT2D eigenvalue weighted by molar-refractivity contribution is 6.07. The molecule has 0 bridgehead atoms. The Morgan fingerprint density at radius 2 is 1.86 bits per heavy atom. The number of hydrogen-bond donors (Lipinski definition) is 1. The predicted molar refractivity (Wildman–Crippen MR) is 107 cm³/mol. The molecule has 4 rings (SSSR count). The summed E-state index contributed by atoms with van der Waals surface area (Å²) >= 11 is 0. The number of aromatic nitrogens is 2. The Kier molecular flexibility index (Phi) is 4.86. The number of benzene rings is 1. The molecular weight excluding hydrogens is 370 g/mol. The number of nitrogens with one attached hydrogen (secondary N) is 1. The third-order valence-corrected chi connectivity index (χ3v) is 5.75. The minimum Gasteiger partial charge on any atom is -0.338 e. The number of carbonyl (C=O) groups excluding carboxylic acids is 3. The van der Waals surface area contributed by atoms with Gasteiger partial charge in [-0.15, -0.1) is 0 Å². The topological polar surface area (TPSA) is 87.5 Å². The molecule has 1 aromatic heterocycles. The van der Waals surface area contributed by atoms with Crippen LogP contribution in [-0.4, -0.2) is 62.4 Å². The van der Waals surface area contributed by atoms with Crippen molar-refractivity contribution in [2.75, 3.05) is 19.6 Å². The lowest BCUT2D eigenvalue weighted by Gasteiger charge is -2.42. The molecule has 2 fully saturated rings. The number of imide groups is 1. The molecule has 2 aliphatic rings. The average molecular weight is 395 g/mol. The zero-order valence-corrected chi connectivity index (χ0v) is 16.7. The lowest BCUT2D eigenvalue weighted by molar-refractivity contribution is -0.129. The van der Waals surface area contributed by atoms with Gasteiger partial charge in [0, 0.05) is 43.3 Å². The molecular formula is C21H25N5O3. The van der Waals surface area contributed by atoms with Crippen molar-refractivity contribution in [1.82, 2.24) is 24.7 Å². The zero-order chi connectivity index (χ0) is 20.6. The number of rotatable bonds is 4. The van der Waals surface area contributed by atoms with E-state index < -0.39 is 5.54 Å². The molecule has 0 atom stereocenters. The van der Waals surface area contributed by atoms with Crippen LogP contribution in [0.4, 0.5) is 4.79 Å². The lowest BCUT2D eigenvalue weighted by atomic mass is 9.85. The number of carbonyl (C=O) groups is 3. The molecule has 2 aromatic rings. The van der Waals surface area contributed by atoms with Gasteiger partial charge < -0.3 is 14.4 Å². The van der Waals surface area contributed by atoms with Crippen LogP contribution in [0, 0.1) is 5.92 Å². The second-order valence-corrected chi connectivity index (χ2v) is 8.10. The number of urea groups is 1. The number of piperidine rings is 1. The van der Waals surface area contributed by atoms with Crippen LogP contribution < -0.4 is 5.32 Å². The van der Waals surface area contributed by atoms with Gasteiger partial charge in [0.05, 0.1) is 6.33 Å². The van der Waals surface area contributed by atoms with Crippen molar-refractivity contribution in [3.8, 4) is 5.69 Å². The fraction of sp³-hybridized carbons (Fsp3) is 0.429. The Bertz CT molecular complexity index is 912. The van der Waals surface area contributed by atoms with E-state index >= 15 is 0 Å². The van der Waals surface area contributed by atoms with Gasteiger partial charge in [0.25, 0.3) is 11.8 Å². The van der Waals surface area contributed by atoms with Crippen LogP contribution in [0.2, 0.25) is 0 Å². The van der Waals surface area contributed by atoms with E-state index in [9.17, 15) is 14.4 Å². The molecule has 0 saturated carbocycles. The highest BCUT2D eigenvalue weighted by atomic mass is 16.2. The zero-order valence-electron chi connectivity index (χ0n) is 16.7. The molecule has 29 heavy (non-hydrogen) atoms. The summed E-state index contributed by atoms with van der Waals surface area (Å²) in [4.78, 5) is 45.2. The van der Waals surface area contributed by atoms with Crippen LogP contribution >= 0.6 is 0 Å². The van der Waals surface area contributed by atoms with E-state index in [0.717, 1.165) is 5.69 Å². The summed E-state index contributed by atoms with van der Waals surface area (Å²) in [5.41, 5.74) is 0.710. The van der Waals surface area contributed by atoms with Crippen LogP contribution in [0.3, 0.4) is 0 Å². The normalized spacial score (nSPS) is 18.6. The van der Waals surface area contributed by atoms with Crippen LogP contribution in [0.15, 0.2) is 43.0 Å². The Balaban J connectivity index is 1.45. The van der Waals surface area contributed by atoms with Gasteiger partial charge >= 0.3 is 6.03 Å². The summed E-state index contributed by atoms with van der Waals surface area (Å²) in [6.07, 6.45) is 6.16. The highest BCUT2D eigenvalue weighted by Crippen LogP contribution is 2.34. The Hall–Kier alpha value is -3.16. The van der Waals surface area contributed by atoms with Crippen molar-refractivity contribution in [1.29, 1.82) is 0 Å². The SMILES string of the molecule is CC(C)CN1C(=O)NC(=O)C12CCN(C(=O)c1ccc(-n3ccnc3)cc1)CC2. The summed E-state index contributed by atoms with van der Waals surface area (Å²) in [5, 5.41) is 2.47. The summed E-state index contributed by atoms with van der Waals surface area (Å²) in [6.45, 7) is 5.46. The average Bonchev–Trinajstić information content (AvgIpc) is 3.32. The quantitative estimate of drug-likeness (QED) is 0.803. The summed E-state index contributed by atoms with van der Waals surface area (Å²) in [5.74, 6) is -0.0331. The molecule has 0 radical (unpaired) electrons. The van der Waals surface area contributed by atoms with Crippen molar-refractivity contribution in [3.63, 3.8) is 0 Å². The number of nitrogens with zero attached hydrogens (tertiary/aromatic N) is 4. The van der Waals surface area contributed by atoms with Gasteiger partial charge in [-0.05, 0) is 43.0 Å². The summed E-state index contributed by atoms with van der Waals surface area (Å²) < 4.78 is 1.87. The first kappa shape index (κ1) is 19.2. The van der Waals surface area contributed by atoms with Crippen LogP contribution in [0.25, 0.3) is 5.69 Å². The van der Waals surface area contributed by atoms with Crippen LogP contribution in [-0.2, 0) is 4.79 Å². The van der Waals surface area contributed by atoms with Crippen molar-refractivity contribution in [2.45, 2.75) is 32.2 Å². The molecule has 4 amide bonds. The standard InChI is InChI=1S/C21H25N5O3/c1-15(2)13-26-20(29)23-19(28)21(26)7-10-24(11-8-21)18(27)16-3-5-17(6-4-16)25-12-9-22-14-25/h3-6,9,12,14-15H,7-8,10-11,13H2,1-2H3,(H,23,28,29). The van der Waals surface area contributed by atoms with E-state index in [1.807, 2.05) is 36.7 Å². The van der Waals surface area contributed by atoms with E-state index in [-0.39, 0.29) is 23.8 Å². The Morgan fingerprint density at radius 3 is 2.45 bits per heavy atom. The minimum absolute atomic E-state index is 0.0582. The first-order chi connectivity index (χ1) is 13.9. The second kappa shape index (κ2) is 7.35. The molecule has 8 heteroatoms. The van der Waals surface area contributed by atoms with Gasteiger partial charge in [-0.1, -0.05) is 13.8 Å². The van der Waals surface area contributed by atoms with E-state index in [4.69, 9.17) is 0 Å². The Labute approximate surface area is 169 Å². The number of likely N-dealkylation sites (tertiary alicyclic amines) is 1. The maximum absolute atomic E-state index is 12.9. The Morgan fingerprint density at radius 1 is 1.17 bits per heavy atom. The monoisotopic (exact) mass is 395 g/mol. The lowest BCUT2D eigenvalue weighted by Crippen LogP contribution is -2.58. The molecule has 1 N–H and O–H groups in total. The van der Waals surface area contributed by atoms with Crippen LogP contribution in [0.5, 0.6) is 0 Å². The van der Waals surface area contributed by atoms with Crippen LogP contribution in [0.1, 0.15) is 37.0 Å². The maximum atomic E-state index is 12.9. The van der Waals surface area contributed by atoms with E-state index in [1.54, 1.807) is 34.5 Å². The van der Waals surface area contributed by atoms with Gasteiger partial charge in [-0.3, -0.25) is 14.9 Å². The van der Waals surface area contributed by atoms with Gasteiger partial charge in [0.15, 0.2) is 0 Å². The van der Waals surface area contributed by atoms with Gasteiger partial charge in [-0.2, -0.15) is 0 Å². The number of amides is 4. The third-order valence-electron chi connectivity index (χ3n) is 5.75. The highest BCUT2D eigenvalue weighted by Gasteiger charge is 2.54. The molecule has 0 unspecified atom stereocenters. The maximum Gasteiger partial charge on any atom is 0.325 e. The first-order valence-corrected chi connectivity index (χ1v) is 9.91. The first-order valence-electron chi connectivity index (χ1n) is 9.91. The van der Waals surface area contributed by atoms with Gasteiger partial charge in [-0.25, -0.2) is 9.78 Å². The van der Waals surface area contributed by atoms with E-state index in [0.29, 0.717) is 38.0 Å². The summed E-state index contributed by atoms with van der Waals surface area (Å²) in [6, 6.07) is 7.05. The molecule has 1 aromatic carbocycles. The second-order valence-electron chi connectivity index (χ2n) is 8.10. The molecule has 1 spiro atoms. The van der Waals surface area contributed by atoms with Gasteiger partial charge in [0.1, 0.15) is 5.54 Å². The molecule has 0 aliphatic carbocycles. The third kappa shape index (κ3) is 3.39. The fourth-order valence-electron chi connectivity index (χ4n) is 4.17. The van der Waals surface area contributed by atoms with Crippen molar-refractivity contribution < 1.29 is 14.4 Å². The molecule has 3 heterocycles. The van der Waals surface area contributed by atoms with Crippen molar-refractivity contribution in [2.24, 2.45) is 5.92 Å². The van der Waals surface area contributed by atoms with Crippen molar-refractivity contribution >= 4 is 17.8 Å². The molecule has 2 aliphatic heterocycles. The van der Waals surface area contributed by atoms with Crippen molar-refractivity contribution in [3.05, 3.63) is 48.5 Å². The summed E-state index contributed by atoms with van der Waals surface area (Å²) in [7, 11) is 0. The fourth-order valence-corrected chi connectivity index (χ4v) is 4.17. The smallest absolute Gasteiger partial charge is 0.325 e. The van der Waals surface area contributed by atoms with E-state index in [2.05, 4.69) is 10.3 Å². The predicted octanol–water partition coefficient (Wildman–Crippen LogP) is 2.05. The largest absolute Gasteiger partial charge is 0.338 e. The number of hydrogen-bond acceptors (Lipinski definition) is 4. The molecule has 8 nitrogen and oxygen atoms in total. The number of imidazole rings is 1. The van der Waals surface area contributed by atoms with Gasteiger partial charge in [0.2, 0.25) is 0 Å². The molecule has 2 saturated heterocycles. The van der Waals surface area contributed by atoms with E-state index in [1.165, 1.54) is 0 Å².